The van der Waals surface area contributed by atoms with Gasteiger partial charge in [-0.3, -0.25) is 30.2 Å². The summed E-state index contributed by atoms with van der Waals surface area (Å²) in [5.41, 5.74) is 4.79. The van der Waals surface area contributed by atoms with Crippen LogP contribution in [0.5, 0.6) is 0 Å². The van der Waals surface area contributed by atoms with E-state index in [0.29, 0.717) is 13.0 Å². The van der Waals surface area contributed by atoms with Crippen LogP contribution < -0.4 is 10.9 Å². The number of nitrogens with zero attached hydrogens (tertiary/aromatic N) is 2. The molecule has 1 aliphatic rings. The van der Waals surface area contributed by atoms with Crippen LogP contribution in [0.3, 0.4) is 0 Å². The van der Waals surface area contributed by atoms with Gasteiger partial charge in [0.05, 0.1) is 0 Å². The Bertz CT molecular complexity index is 518. The number of likely N-dealkylation sites (tertiary alicyclic amines) is 1. The van der Waals surface area contributed by atoms with E-state index >= 15 is 0 Å². The van der Waals surface area contributed by atoms with Gasteiger partial charge in [0, 0.05) is 19.2 Å². The van der Waals surface area contributed by atoms with E-state index in [-0.39, 0.29) is 18.1 Å². The molecule has 112 valence electrons. The summed E-state index contributed by atoms with van der Waals surface area (Å²) in [7, 11) is 0. The summed E-state index contributed by atoms with van der Waals surface area (Å²) in [6.45, 7) is 0.543. The molecule has 2 N–H and O–H groups in total. The molecule has 0 aromatic carbocycles. The molecule has 1 aromatic rings. The van der Waals surface area contributed by atoms with Gasteiger partial charge in [0.2, 0.25) is 5.91 Å². The largest absolute Gasteiger partial charge is 0.333 e. The first-order valence-corrected chi connectivity index (χ1v) is 6.95. The minimum absolute atomic E-state index is 0.0151. The van der Waals surface area contributed by atoms with Gasteiger partial charge in [-0.15, -0.1) is 0 Å². The molecule has 0 aliphatic carbocycles. The van der Waals surface area contributed by atoms with Crippen molar-refractivity contribution in [3.05, 3.63) is 30.1 Å². The predicted octanol–water partition coefficient (Wildman–Crippen LogP) is 0.245. The zero-order valence-corrected chi connectivity index (χ0v) is 11.7. The van der Waals surface area contributed by atoms with Crippen molar-refractivity contribution in [3.8, 4) is 0 Å². The Morgan fingerprint density at radius 3 is 2.81 bits per heavy atom. The van der Waals surface area contributed by atoms with Crippen LogP contribution in [0.4, 0.5) is 0 Å². The molecule has 21 heavy (non-hydrogen) atoms. The Balaban J connectivity index is 1.79. The molecule has 1 aromatic heterocycles. The van der Waals surface area contributed by atoms with E-state index in [4.69, 9.17) is 0 Å². The number of rotatable bonds is 3. The highest BCUT2D eigenvalue weighted by atomic mass is 16.2. The van der Waals surface area contributed by atoms with Crippen molar-refractivity contribution >= 4 is 17.7 Å². The molecule has 7 nitrogen and oxygen atoms in total. The second-order valence-corrected chi connectivity index (χ2v) is 4.84. The van der Waals surface area contributed by atoms with Gasteiger partial charge in [-0.2, -0.15) is 0 Å². The Morgan fingerprint density at radius 1 is 1.19 bits per heavy atom. The quantitative estimate of drug-likeness (QED) is 0.780. The number of carbonyl (C=O) groups excluding carboxylic acids is 3. The Hall–Kier alpha value is -2.44. The van der Waals surface area contributed by atoms with Crippen LogP contribution >= 0.6 is 0 Å². The topological polar surface area (TPSA) is 91.4 Å². The highest BCUT2D eigenvalue weighted by Crippen LogP contribution is 2.10. The highest BCUT2D eigenvalue weighted by molar-refractivity contribution is 5.94. The lowest BCUT2D eigenvalue weighted by Gasteiger charge is -2.19. The molecule has 2 rings (SSSR count). The molecule has 0 saturated carbocycles. The standard InChI is InChI=1S/C14H18N4O3/c19-12(10-18-9-5-1-2-7-13(18)20)16-17-14(21)11-6-3-4-8-15-11/h3-4,6,8H,1-2,5,7,9-10H2,(H,16,19)(H,17,21). The molecule has 0 spiro atoms. The van der Waals surface area contributed by atoms with Crippen LogP contribution in [0, 0.1) is 0 Å². The SMILES string of the molecule is O=C(CN1CCCCCC1=O)NNC(=O)c1ccccn1. The molecular formula is C14H18N4O3. The molecule has 2 heterocycles. The first-order valence-electron chi connectivity index (χ1n) is 6.95. The molecule has 0 radical (unpaired) electrons. The second kappa shape index (κ2) is 7.37. The van der Waals surface area contributed by atoms with Crippen molar-refractivity contribution in [2.45, 2.75) is 25.7 Å². The monoisotopic (exact) mass is 290 g/mol. The van der Waals surface area contributed by atoms with Gasteiger partial charge in [0.15, 0.2) is 0 Å². The third kappa shape index (κ3) is 4.55. The number of hydrogen-bond acceptors (Lipinski definition) is 4. The normalized spacial score (nSPS) is 15.2. The number of hydrogen-bond donors (Lipinski definition) is 2. The summed E-state index contributed by atoms with van der Waals surface area (Å²) in [4.78, 5) is 40.6. The smallest absolute Gasteiger partial charge is 0.288 e. The maximum Gasteiger partial charge on any atom is 0.288 e. The number of hydrazine groups is 1. The first kappa shape index (κ1) is 15.0. The van der Waals surface area contributed by atoms with Gasteiger partial charge in [0.25, 0.3) is 11.8 Å². The summed E-state index contributed by atoms with van der Waals surface area (Å²) in [6.07, 6.45) is 4.74. The average molecular weight is 290 g/mol. The lowest BCUT2D eigenvalue weighted by Crippen LogP contribution is -2.47. The van der Waals surface area contributed by atoms with E-state index in [1.807, 2.05) is 0 Å². The van der Waals surface area contributed by atoms with E-state index in [2.05, 4.69) is 15.8 Å². The molecular weight excluding hydrogens is 272 g/mol. The molecule has 0 bridgehead atoms. The van der Waals surface area contributed by atoms with Crippen molar-refractivity contribution in [3.63, 3.8) is 0 Å². The molecule has 3 amide bonds. The molecule has 7 heteroatoms. The maximum atomic E-state index is 11.8. The van der Waals surface area contributed by atoms with Crippen molar-refractivity contribution in [2.24, 2.45) is 0 Å². The minimum atomic E-state index is -0.494. The van der Waals surface area contributed by atoms with E-state index in [1.54, 1.807) is 18.2 Å². The first-order chi connectivity index (χ1) is 10.2. The predicted molar refractivity (Wildman–Crippen MR) is 74.9 cm³/mol. The van der Waals surface area contributed by atoms with Crippen molar-refractivity contribution in [1.82, 2.24) is 20.7 Å². The summed E-state index contributed by atoms with van der Waals surface area (Å²) >= 11 is 0. The number of pyridine rings is 1. The van der Waals surface area contributed by atoms with Crippen LogP contribution in [-0.2, 0) is 9.59 Å². The van der Waals surface area contributed by atoms with Gasteiger partial charge in [-0.05, 0) is 25.0 Å². The zero-order valence-electron chi connectivity index (χ0n) is 11.7. The Morgan fingerprint density at radius 2 is 2.05 bits per heavy atom. The zero-order chi connectivity index (χ0) is 15.1. The number of aromatic nitrogens is 1. The average Bonchev–Trinajstić information content (AvgIpc) is 2.71. The minimum Gasteiger partial charge on any atom is -0.333 e. The van der Waals surface area contributed by atoms with Gasteiger partial charge in [-0.1, -0.05) is 12.5 Å². The van der Waals surface area contributed by atoms with Crippen molar-refractivity contribution < 1.29 is 14.4 Å². The van der Waals surface area contributed by atoms with Crippen LogP contribution in [0.2, 0.25) is 0 Å². The van der Waals surface area contributed by atoms with Crippen molar-refractivity contribution in [2.75, 3.05) is 13.1 Å². The van der Waals surface area contributed by atoms with E-state index in [9.17, 15) is 14.4 Å². The Labute approximate surface area is 122 Å². The second-order valence-electron chi connectivity index (χ2n) is 4.84. The highest BCUT2D eigenvalue weighted by Gasteiger charge is 2.19. The van der Waals surface area contributed by atoms with Crippen molar-refractivity contribution in [1.29, 1.82) is 0 Å². The summed E-state index contributed by atoms with van der Waals surface area (Å²) in [5, 5.41) is 0. The Kier molecular flexibility index (Phi) is 5.25. The van der Waals surface area contributed by atoms with Gasteiger partial charge >= 0.3 is 0 Å². The van der Waals surface area contributed by atoms with E-state index in [0.717, 1.165) is 19.3 Å². The fraction of sp³-hybridized carbons (Fsp3) is 0.429. The number of nitrogens with one attached hydrogen (secondary N) is 2. The fourth-order valence-corrected chi connectivity index (χ4v) is 2.11. The lowest BCUT2D eigenvalue weighted by atomic mass is 10.2. The maximum absolute atomic E-state index is 11.8. The molecule has 1 saturated heterocycles. The number of amides is 3. The van der Waals surface area contributed by atoms with Gasteiger partial charge in [-0.25, -0.2) is 0 Å². The van der Waals surface area contributed by atoms with Crippen LogP contribution in [-0.4, -0.2) is 40.7 Å². The summed E-state index contributed by atoms with van der Waals surface area (Å²) in [5.74, 6) is -0.931. The van der Waals surface area contributed by atoms with E-state index < -0.39 is 11.8 Å². The summed E-state index contributed by atoms with van der Waals surface area (Å²) in [6, 6.07) is 4.92. The number of carbonyl (C=O) groups is 3. The third-order valence-electron chi connectivity index (χ3n) is 3.22. The third-order valence-corrected chi connectivity index (χ3v) is 3.22. The molecule has 0 unspecified atom stereocenters. The van der Waals surface area contributed by atoms with Gasteiger partial charge in [0.1, 0.15) is 12.2 Å². The molecule has 0 atom stereocenters. The lowest BCUT2D eigenvalue weighted by molar-refractivity contribution is -0.135. The van der Waals surface area contributed by atoms with Gasteiger partial charge < -0.3 is 4.90 Å². The van der Waals surface area contributed by atoms with Crippen LogP contribution in [0.15, 0.2) is 24.4 Å². The fourth-order valence-electron chi connectivity index (χ4n) is 2.11. The van der Waals surface area contributed by atoms with E-state index in [1.165, 1.54) is 11.1 Å². The molecule has 1 aliphatic heterocycles. The molecule has 1 fully saturated rings. The van der Waals surface area contributed by atoms with Crippen LogP contribution in [0.1, 0.15) is 36.2 Å². The summed E-state index contributed by atoms with van der Waals surface area (Å²) < 4.78 is 0. The van der Waals surface area contributed by atoms with Crippen LogP contribution in [0.25, 0.3) is 0 Å².